The van der Waals surface area contributed by atoms with E-state index in [4.69, 9.17) is 9.47 Å². The number of hydrogen-bond acceptors (Lipinski definition) is 5. The molecule has 36 heavy (non-hydrogen) atoms. The van der Waals surface area contributed by atoms with Gasteiger partial charge in [-0.15, -0.1) is 0 Å². The molecule has 8 nitrogen and oxygen atoms in total. The van der Waals surface area contributed by atoms with E-state index in [0.717, 1.165) is 22.6 Å². The number of hydrogen-bond donors (Lipinski definition) is 1. The SMILES string of the molecule is COc1ccccc1CNC(=O)C1CCN(C(=O)c2ncn3c2CO[C@@H](c2ccc(C)cc2)C3)CC1. The number of aromatic nitrogens is 2. The van der Waals surface area contributed by atoms with Gasteiger partial charge in [-0.2, -0.15) is 0 Å². The largest absolute Gasteiger partial charge is 0.496 e. The van der Waals surface area contributed by atoms with E-state index in [0.29, 0.717) is 51.3 Å². The number of para-hydroxylation sites is 1. The smallest absolute Gasteiger partial charge is 0.274 e. The van der Waals surface area contributed by atoms with Crippen molar-refractivity contribution < 1.29 is 19.1 Å². The molecule has 0 unspecified atom stereocenters. The molecule has 2 aliphatic heterocycles. The lowest BCUT2D eigenvalue weighted by molar-refractivity contribution is -0.126. The lowest BCUT2D eigenvalue weighted by atomic mass is 9.95. The fourth-order valence-electron chi connectivity index (χ4n) is 4.96. The van der Waals surface area contributed by atoms with Gasteiger partial charge in [0, 0.05) is 31.1 Å². The van der Waals surface area contributed by atoms with Crippen LogP contribution in [0.1, 0.15) is 51.8 Å². The van der Waals surface area contributed by atoms with Crippen molar-refractivity contribution in [3.63, 3.8) is 0 Å². The molecule has 8 heteroatoms. The van der Waals surface area contributed by atoms with Crippen LogP contribution in [0, 0.1) is 12.8 Å². The Morgan fingerprint density at radius 3 is 2.61 bits per heavy atom. The van der Waals surface area contributed by atoms with Crippen LogP contribution >= 0.6 is 0 Å². The monoisotopic (exact) mass is 488 g/mol. The normalized spacial score (nSPS) is 17.9. The number of rotatable bonds is 6. The predicted octanol–water partition coefficient (Wildman–Crippen LogP) is 3.64. The third kappa shape index (κ3) is 4.99. The predicted molar refractivity (Wildman–Crippen MR) is 134 cm³/mol. The summed E-state index contributed by atoms with van der Waals surface area (Å²) in [4.78, 5) is 32.3. The summed E-state index contributed by atoms with van der Waals surface area (Å²) < 4.78 is 13.5. The average molecular weight is 489 g/mol. The summed E-state index contributed by atoms with van der Waals surface area (Å²) in [6.07, 6.45) is 2.95. The van der Waals surface area contributed by atoms with Crippen molar-refractivity contribution in [2.24, 2.45) is 5.92 Å². The zero-order valence-corrected chi connectivity index (χ0v) is 20.8. The maximum Gasteiger partial charge on any atom is 0.274 e. The van der Waals surface area contributed by atoms with Gasteiger partial charge in [0.1, 0.15) is 11.9 Å². The number of benzene rings is 2. The highest BCUT2D eigenvalue weighted by atomic mass is 16.5. The Labute approximate surface area is 211 Å². The number of piperidine rings is 1. The highest BCUT2D eigenvalue weighted by Crippen LogP contribution is 2.29. The number of ether oxygens (including phenoxy) is 2. The lowest BCUT2D eigenvalue weighted by Gasteiger charge is -2.31. The molecule has 2 aromatic carbocycles. The van der Waals surface area contributed by atoms with Crippen LogP contribution in [0.4, 0.5) is 0 Å². The van der Waals surface area contributed by atoms with E-state index < -0.39 is 0 Å². The molecule has 0 spiro atoms. The molecule has 0 bridgehead atoms. The number of carbonyl (C=O) groups excluding carboxylic acids is 2. The van der Waals surface area contributed by atoms with Crippen LogP contribution in [0.25, 0.3) is 0 Å². The van der Waals surface area contributed by atoms with Crippen LogP contribution in [0.5, 0.6) is 5.75 Å². The van der Waals surface area contributed by atoms with Gasteiger partial charge in [-0.25, -0.2) is 4.98 Å². The Morgan fingerprint density at radius 2 is 1.86 bits per heavy atom. The number of nitrogens with one attached hydrogen (secondary N) is 1. The number of nitrogens with zero attached hydrogens (tertiary/aromatic N) is 3. The Kier molecular flexibility index (Phi) is 7.04. The van der Waals surface area contributed by atoms with E-state index in [1.54, 1.807) is 18.3 Å². The molecular weight excluding hydrogens is 456 g/mol. The Morgan fingerprint density at radius 1 is 1.11 bits per heavy atom. The summed E-state index contributed by atoms with van der Waals surface area (Å²) >= 11 is 0. The maximum absolute atomic E-state index is 13.3. The van der Waals surface area contributed by atoms with Crippen molar-refractivity contribution in [2.75, 3.05) is 20.2 Å². The standard InChI is InChI=1S/C28H32N4O4/c1-19-7-9-20(10-8-19)25-16-32-18-30-26(23(32)17-36-25)28(34)31-13-11-21(12-14-31)27(33)29-15-22-5-3-4-6-24(22)35-2/h3-10,18,21,25H,11-17H2,1-2H3,(H,29,33)/t25-/m1/s1. The molecule has 188 valence electrons. The topological polar surface area (TPSA) is 85.7 Å². The van der Waals surface area contributed by atoms with Gasteiger partial charge in [0.25, 0.3) is 5.91 Å². The fourth-order valence-corrected chi connectivity index (χ4v) is 4.96. The Balaban J connectivity index is 1.15. The second-order valence-electron chi connectivity index (χ2n) is 9.50. The Hall–Kier alpha value is -3.65. The highest BCUT2D eigenvalue weighted by Gasteiger charge is 2.32. The van der Waals surface area contributed by atoms with Crippen LogP contribution in [0.2, 0.25) is 0 Å². The van der Waals surface area contributed by atoms with Gasteiger partial charge in [-0.05, 0) is 31.4 Å². The van der Waals surface area contributed by atoms with E-state index in [1.807, 2.05) is 28.8 Å². The first kappa shape index (κ1) is 24.1. The van der Waals surface area contributed by atoms with Crippen molar-refractivity contribution in [3.05, 3.63) is 82.9 Å². The van der Waals surface area contributed by atoms with E-state index in [2.05, 4.69) is 41.5 Å². The first-order valence-corrected chi connectivity index (χ1v) is 12.4. The van der Waals surface area contributed by atoms with Crippen molar-refractivity contribution in [1.82, 2.24) is 19.8 Å². The minimum atomic E-state index is -0.113. The molecule has 1 N–H and O–H groups in total. The number of imidazole rings is 1. The zero-order chi connectivity index (χ0) is 25.1. The lowest BCUT2D eigenvalue weighted by Crippen LogP contribution is -2.43. The first-order valence-electron chi connectivity index (χ1n) is 12.4. The molecule has 0 saturated carbocycles. The van der Waals surface area contributed by atoms with E-state index in [9.17, 15) is 9.59 Å². The number of likely N-dealkylation sites (tertiary alicyclic amines) is 1. The quantitative estimate of drug-likeness (QED) is 0.573. The van der Waals surface area contributed by atoms with E-state index >= 15 is 0 Å². The molecule has 1 atom stereocenters. The molecule has 0 aliphatic carbocycles. The molecule has 5 rings (SSSR count). The first-order chi connectivity index (χ1) is 17.5. The van der Waals surface area contributed by atoms with Crippen LogP contribution in [0.15, 0.2) is 54.9 Å². The molecule has 1 fully saturated rings. The number of fused-ring (bicyclic) bond motifs is 1. The summed E-state index contributed by atoms with van der Waals surface area (Å²) in [7, 11) is 1.62. The van der Waals surface area contributed by atoms with Crippen LogP contribution in [0.3, 0.4) is 0 Å². The zero-order valence-electron chi connectivity index (χ0n) is 20.8. The van der Waals surface area contributed by atoms with Gasteiger partial charge < -0.3 is 24.3 Å². The number of methoxy groups -OCH3 is 1. The van der Waals surface area contributed by atoms with Gasteiger partial charge in [0.05, 0.1) is 32.3 Å². The van der Waals surface area contributed by atoms with E-state index in [1.165, 1.54) is 5.56 Å². The minimum absolute atomic E-state index is 0.0166. The van der Waals surface area contributed by atoms with Gasteiger partial charge >= 0.3 is 0 Å². The summed E-state index contributed by atoms with van der Waals surface area (Å²) in [6, 6.07) is 16.0. The van der Waals surface area contributed by atoms with Crippen LogP contribution < -0.4 is 10.1 Å². The molecule has 2 aliphatic rings. The molecular formula is C28H32N4O4. The fraction of sp³-hybridized carbons (Fsp3) is 0.393. The summed E-state index contributed by atoms with van der Waals surface area (Å²) in [5.74, 6) is 0.575. The molecule has 3 aromatic rings. The third-order valence-corrected chi connectivity index (χ3v) is 7.18. The Bertz CT molecular complexity index is 1230. The number of aryl methyl sites for hydroxylation is 1. The van der Waals surface area contributed by atoms with Gasteiger partial charge in [-0.1, -0.05) is 48.0 Å². The number of amides is 2. The van der Waals surface area contributed by atoms with Crippen molar-refractivity contribution >= 4 is 11.8 Å². The van der Waals surface area contributed by atoms with Crippen molar-refractivity contribution in [1.29, 1.82) is 0 Å². The third-order valence-electron chi connectivity index (χ3n) is 7.18. The highest BCUT2D eigenvalue weighted by molar-refractivity contribution is 5.93. The number of carbonyl (C=O) groups is 2. The molecule has 3 heterocycles. The van der Waals surface area contributed by atoms with Crippen molar-refractivity contribution in [2.45, 2.75) is 45.6 Å². The van der Waals surface area contributed by atoms with Crippen molar-refractivity contribution in [3.8, 4) is 5.75 Å². The average Bonchev–Trinajstić information content (AvgIpc) is 3.35. The molecule has 0 radical (unpaired) electrons. The summed E-state index contributed by atoms with van der Waals surface area (Å²) in [6.45, 7) is 4.53. The molecule has 1 aromatic heterocycles. The van der Waals surface area contributed by atoms with Crippen LogP contribution in [-0.2, 0) is 29.2 Å². The van der Waals surface area contributed by atoms with Gasteiger partial charge in [0.2, 0.25) is 5.91 Å². The molecule has 1 saturated heterocycles. The van der Waals surface area contributed by atoms with E-state index in [-0.39, 0.29) is 23.8 Å². The maximum atomic E-state index is 13.3. The molecule has 2 amide bonds. The second-order valence-corrected chi connectivity index (χ2v) is 9.50. The van der Waals surface area contributed by atoms with Gasteiger partial charge in [-0.3, -0.25) is 9.59 Å². The summed E-state index contributed by atoms with van der Waals surface area (Å²) in [5, 5.41) is 3.02. The van der Waals surface area contributed by atoms with Gasteiger partial charge in [0.15, 0.2) is 5.69 Å². The minimum Gasteiger partial charge on any atom is -0.496 e. The van der Waals surface area contributed by atoms with Crippen LogP contribution in [-0.4, -0.2) is 46.5 Å². The summed E-state index contributed by atoms with van der Waals surface area (Å²) in [5.41, 5.74) is 4.55. The second kappa shape index (κ2) is 10.5.